The lowest BCUT2D eigenvalue weighted by Gasteiger charge is -2.17. The van der Waals surface area contributed by atoms with E-state index in [1.54, 1.807) is 4.90 Å². The molecule has 0 aliphatic carbocycles. The first kappa shape index (κ1) is 68.6. The molecule has 0 aromatic carbocycles. The number of hydrogen-bond donors (Lipinski definition) is 0. The van der Waals surface area contributed by atoms with Gasteiger partial charge in [-0.25, -0.2) is 0 Å². The zero-order valence-electron chi connectivity index (χ0n) is 44.0. The van der Waals surface area contributed by atoms with Crippen molar-refractivity contribution in [3.05, 3.63) is 12.3 Å². The van der Waals surface area contributed by atoms with Crippen LogP contribution in [0.3, 0.4) is 0 Å². The van der Waals surface area contributed by atoms with Gasteiger partial charge in [0.25, 0.3) is 0 Å². The lowest BCUT2D eigenvalue weighted by Crippen LogP contribution is -2.18. The van der Waals surface area contributed by atoms with Crippen LogP contribution in [0.1, 0.15) is 212 Å². The number of amides is 1. The zero-order valence-corrected chi connectivity index (χ0v) is 44.0. The van der Waals surface area contributed by atoms with Gasteiger partial charge in [0.1, 0.15) is 0 Å². The second kappa shape index (κ2) is 60.2. The molecule has 58 heavy (non-hydrogen) atoms. The van der Waals surface area contributed by atoms with Crippen molar-refractivity contribution in [2.75, 3.05) is 108 Å². The average molecular weight is 830 g/mol. The van der Waals surface area contributed by atoms with E-state index >= 15 is 0 Å². The van der Waals surface area contributed by atoms with E-state index in [1.165, 1.54) is 180 Å². The van der Waals surface area contributed by atoms with E-state index in [4.69, 9.17) is 0 Å². The van der Waals surface area contributed by atoms with Gasteiger partial charge in [0.2, 0.25) is 5.91 Å². The summed E-state index contributed by atoms with van der Waals surface area (Å²) < 4.78 is 0. The fraction of sp³-hybridized carbons (Fsp3) is 0.941. The summed E-state index contributed by atoms with van der Waals surface area (Å²) in [5.74, 6) is 0.292. The van der Waals surface area contributed by atoms with E-state index in [9.17, 15) is 4.79 Å². The van der Waals surface area contributed by atoms with Crippen LogP contribution in [0.25, 0.3) is 0 Å². The van der Waals surface area contributed by atoms with E-state index in [0.29, 0.717) is 5.91 Å². The van der Waals surface area contributed by atoms with Crippen LogP contribution in [0.15, 0.2) is 12.3 Å². The summed E-state index contributed by atoms with van der Waals surface area (Å²) in [6.07, 6.45) is 27.1. The number of rotatable bonds is 0. The number of carbonyl (C=O) groups excluding carboxylic acids is 1. The molecule has 6 heterocycles. The van der Waals surface area contributed by atoms with Crippen LogP contribution in [-0.4, -0.2) is 143 Å². The summed E-state index contributed by atoms with van der Waals surface area (Å²) in [7, 11) is 12.8. The molecule has 356 valence electrons. The van der Waals surface area contributed by atoms with Gasteiger partial charge >= 0.3 is 0 Å². The van der Waals surface area contributed by atoms with Crippen LogP contribution in [0.4, 0.5) is 0 Å². The minimum Gasteiger partial charge on any atom is -0.378 e. The van der Waals surface area contributed by atoms with Crippen molar-refractivity contribution in [1.82, 2.24) is 29.4 Å². The number of carbonyl (C=O) groups is 1. The van der Waals surface area contributed by atoms with Gasteiger partial charge in [-0.2, -0.15) is 0 Å². The summed E-state index contributed by atoms with van der Waals surface area (Å²) in [6, 6.07) is 0. The third-order valence-corrected chi connectivity index (χ3v) is 10.1. The summed E-state index contributed by atoms with van der Waals surface area (Å²) >= 11 is 0. The van der Waals surface area contributed by atoms with Crippen molar-refractivity contribution < 1.29 is 4.79 Å². The molecule has 0 aromatic rings. The van der Waals surface area contributed by atoms with E-state index in [0.717, 1.165) is 19.4 Å². The van der Waals surface area contributed by atoms with Gasteiger partial charge in [-0.15, -0.1) is 0 Å². The van der Waals surface area contributed by atoms with Crippen LogP contribution in [0, 0.1) is 0 Å². The van der Waals surface area contributed by atoms with E-state index in [-0.39, 0.29) is 0 Å². The van der Waals surface area contributed by atoms with Gasteiger partial charge in [0, 0.05) is 39.3 Å². The Morgan fingerprint density at radius 1 is 0.293 bits per heavy atom. The number of hydrogen-bond acceptors (Lipinski definition) is 6. The Balaban J connectivity index is -0.000000133. The summed E-state index contributed by atoms with van der Waals surface area (Å²) in [4.78, 5) is 24.2. The molecule has 0 unspecified atom stereocenters. The minimum absolute atomic E-state index is 0.292. The highest BCUT2D eigenvalue weighted by atomic mass is 16.2. The fourth-order valence-corrected chi connectivity index (χ4v) is 6.55. The third-order valence-electron chi connectivity index (χ3n) is 10.1. The molecule has 0 spiro atoms. The van der Waals surface area contributed by atoms with E-state index in [2.05, 4.69) is 66.3 Å². The van der Waals surface area contributed by atoms with Gasteiger partial charge in [0.15, 0.2) is 0 Å². The molecular weight excluding hydrogens is 713 g/mol. The summed E-state index contributed by atoms with van der Waals surface area (Å²) in [5, 5.41) is 0. The Hall–Kier alpha value is -1.15. The van der Waals surface area contributed by atoms with Crippen LogP contribution in [0.5, 0.6) is 0 Å². The van der Waals surface area contributed by atoms with Gasteiger partial charge in [0.05, 0.1) is 0 Å². The topological polar surface area (TPSA) is 36.5 Å². The molecular formula is C51H116N6O. The number of allylic oxidation sites excluding steroid dienone is 1. The Labute approximate surface area is 370 Å². The summed E-state index contributed by atoms with van der Waals surface area (Å²) in [6.45, 7) is 40.7. The van der Waals surface area contributed by atoms with Gasteiger partial charge in [-0.3, -0.25) is 4.79 Å². The highest BCUT2D eigenvalue weighted by Crippen LogP contribution is 2.15. The zero-order chi connectivity index (χ0) is 45.8. The van der Waals surface area contributed by atoms with Crippen LogP contribution >= 0.6 is 0 Å². The monoisotopic (exact) mass is 829 g/mol. The maximum absolute atomic E-state index is 10.5. The predicted molar refractivity (Wildman–Crippen MR) is 270 cm³/mol. The Bertz CT molecular complexity index is 663. The fourth-order valence-electron chi connectivity index (χ4n) is 6.55. The third kappa shape index (κ3) is 52.9. The first-order chi connectivity index (χ1) is 28.2. The van der Waals surface area contributed by atoms with Crippen LogP contribution < -0.4 is 0 Å². The van der Waals surface area contributed by atoms with Gasteiger partial charge in [-0.05, 0) is 158 Å². The second-order valence-corrected chi connectivity index (χ2v) is 14.9. The molecule has 6 aliphatic heterocycles. The van der Waals surface area contributed by atoms with Crippen LogP contribution in [0.2, 0.25) is 0 Å². The maximum Gasteiger partial charge on any atom is 0.222 e. The molecule has 0 bridgehead atoms. The molecule has 7 nitrogen and oxygen atoms in total. The van der Waals surface area contributed by atoms with Crippen molar-refractivity contribution in [2.45, 2.75) is 212 Å². The molecule has 0 radical (unpaired) electrons. The second-order valence-electron chi connectivity index (χ2n) is 14.9. The van der Waals surface area contributed by atoms with Crippen LogP contribution in [-0.2, 0) is 4.79 Å². The molecule has 0 atom stereocenters. The molecule has 6 saturated heterocycles. The first-order valence-electron chi connectivity index (χ1n) is 25.6. The van der Waals surface area contributed by atoms with Gasteiger partial charge in [-0.1, -0.05) is 135 Å². The molecule has 0 N–H and O–H groups in total. The van der Waals surface area contributed by atoms with Crippen molar-refractivity contribution >= 4 is 5.91 Å². The minimum atomic E-state index is 0.292. The Morgan fingerprint density at radius 2 is 0.517 bits per heavy atom. The molecule has 6 rings (SSSR count). The van der Waals surface area contributed by atoms with E-state index < -0.39 is 0 Å². The molecule has 6 fully saturated rings. The predicted octanol–water partition coefficient (Wildman–Crippen LogP) is 13.6. The Kier molecular flexibility index (Phi) is 71.1. The normalized spacial score (nSPS) is 19.6. The highest BCUT2D eigenvalue weighted by molar-refractivity contribution is 5.77. The summed E-state index contributed by atoms with van der Waals surface area (Å²) in [5.41, 5.74) is 1.31. The highest BCUT2D eigenvalue weighted by Gasteiger charge is 2.14. The van der Waals surface area contributed by atoms with Crippen molar-refractivity contribution in [1.29, 1.82) is 0 Å². The average Bonchev–Trinajstić information content (AvgIpc) is 3.51. The first-order valence-corrected chi connectivity index (χ1v) is 25.6. The quantitative estimate of drug-likeness (QED) is 0.242. The molecule has 0 aromatic heterocycles. The number of likely N-dealkylation sites (tertiary alicyclic amines) is 6. The Morgan fingerprint density at radius 3 is 0.724 bits per heavy atom. The SMILES string of the molecule is C=C1CCCCCN1C.CC.CC.CC.CC.CC.CC.CN1CCCC1.CN1CCCC1=O.CN1CCCCCC1.CN1CCCCCC1.CN1CCCCCC1. The molecule has 7 heteroatoms. The lowest BCUT2D eigenvalue weighted by atomic mass is 10.2. The largest absolute Gasteiger partial charge is 0.378 e. The van der Waals surface area contributed by atoms with Crippen molar-refractivity contribution in [3.63, 3.8) is 0 Å². The lowest BCUT2D eigenvalue weighted by molar-refractivity contribution is -0.126. The smallest absolute Gasteiger partial charge is 0.222 e. The van der Waals surface area contributed by atoms with Crippen molar-refractivity contribution in [3.8, 4) is 0 Å². The molecule has 0 saturated carbocycles. The standard InChI is InChI=1S/C8H15N.3C7H15N.C5H9NO.C5H11N.6C2H6/c1-8-6-4-3-5-7-9(8)2;3*1-8-6-4-2-3-5-7-8;1-6-4-2-3-5(6)7;1-6-4-2-3-5-6;6*1-2/h1,3-7H2,2H3;3*2-7H2,1H3;2-4H2,1H3;2-5H2,1H3;6*1-2H3. The van der Waals surface area contributed by atoms with Crippen molar-refractivity contribution in [2.24, 2.45) is 0 Å². The maximum atomic E-state index is 10.5. The molecule has 6 aliphatic rings. The molecule has 1 amide bonds. The van der Waals surface area contributed by atoms with E-state index in [1.807, 2.05) is 90.1 Å². The van der Waals surface area contributed by atoms with Gasteiger partial charge < -0.3 is 29.4 Å². The number of nitrogens with zero attached hydrogens (tertiary/aromatic N) is 6.